The van der Waals surface area contributed by atoms with Crippen molar-refractivity contribution < 1.29 is 28.2 Å². The summed E-state index contributed by atoms with van der Waals surface area (Å²) in [6.45, 7) is 0. The molecule has 88 valence electrons. The van der Waals surface area contributed by atoms with Crippen molar-refractivity contribution >= 4 is 5.97 Å². The van der Waals surface area contributed by atoms with Gasteiger partial charge < -0.3 is 14.6 Å². The Morgan fingerprint density at radius 2 is 2.12 bits per heavy atom. The van der Waals surface area contributed by atoms with E-state index in [1.807, 2.05) is 0 Å². The zero-order valence-electron chi connectivity index (χ0n) is 8.53. The predicted octanol–water partition coefficient (Wildman–Crippen LogP) is 1.52. The SMILES string of the molecule is COC(=O)c1c(O)cnc(C(F)F)c1OC. The van der Waals surface area contributed by atoms with Gasteiger partial charge in [-0.3, -0.25) is 0 Å². The fraction of sp³-hybridized carbons (Fsp3) is 0.333. The van der Waals surface area contributed by atoms with Crippen LogP contribution < -0.4 is 4.74 Å². The molecule has 0 saturated heterocycles. The molecule has 0 atom stereocenters. The van der Waals surface area contributed by atoms with Crippen LogP contribution in [0.3, 0.4) is 0 Å². The summed E-state index contributed by atoms with van der Waals surface area (Å²) in [4.78, 5) is 14.5. The first-order valence-corrected chi connectivity index (χ1v) is 4.15. The molecule has 5 nitrogen and oxygen atoms in total. The van der Waals surface area contributed by atoms with Crippen LogP contribution in [0.2, 0.25) is 0 Å². The van der Waals surface area contributed by atoms with E-state index in [-0.39, 0.29) is 0 Å². The first-order chi connectivity index (χ1) is 7.52. The quantitative estimate of drug-likeness (QED) is 0.801. The average molecular weight is 233 g/mol. The molecular weight excluding hydrogens is 224 g/mol. The number of ether oxygens (including phenoxy) is 2. The minimum absolute atomic E-state index is 0.463. The highest BCUT2D eigenvalue weighted by atomic mass is 19.3. The van der Waals surface area contributed by atoms with Gasteiger partial charge in [0, 0.05) is 0 Å². The fourth-order valence-corrected chi connectivity index (χ4v) is 1.16. The number of esters is 1. The number of alkyl halides is 2. The van der Waals surface area contributed by atoms with Gasteiger partial charge in [-0.25, -0.2) is 18.6 Å². The number of hydrogen-bond donors (Lipinski definition) is 1. The van der Waals surface area contributed by atoms with Crippen LogP contribution in [0.4, 0.5) is 8.78 Å². The molecule has 1 aromatic heterocycles. The van der Waals surface area contributed by atoms with Gasteiger partial charge in [0.1, 0.15) is 11.3 Å². The standard InChI is InChI=1S/C9H9F2NO4/c1-15-7-5(9(14)16-2)4(13)3-12-6(7)8(10)11/h3,8,13H,1-2H3. The van der Waals surface area contributed by atoms with Crippen LogP contribution in [0.25, 0.3) is 0 Å². The van der Waals surface area contributed by atoms with E-state index in [9.17, 15) is 18.7 Å². The van der Waals surface area contributed by atoms with Crippen LogP contribution in [0.15, 0.2) is 6.20 Å². The van der Waals surface area contributed by atoms with Gasteiger partial charge in [-0.05, 0) is 0 Å². The number of rotatable bonds is 3. The number of carbonyl (C=O) groups is 1. The van der Waals surface area contributed by atoms with E-state index in [4.69, 9.17) is 0 Å². The van der Waals surface area contributed by atoms with E-state index >= 15 is 0 Å². The molecule has 0 aliphatic rings. The first kappa shape index (κ1) is 12.2. The van der Waals surface area contributed by atoms with Crippen molar-refractivity contribution in [3.05, 3.63) is 17.5 Å². The first-order valence-electron chi connectivity index (χ1n) is 4.15. The Kier molecular flexibility index (Phi) is 3.60. The Hall–Kier alpha value is -1.92. The number of hydrogen-bond acceptors (Lipinski definition) is 5. The topological polar surface area (TPSA) is 68.7 Å². The summed E-state index contributed by atoms with van der Waals surface area (Å²) in [5, 5.41) is 9.34. The average Bonchev–Trinajstić information content (AvgIpc) is 2.26. The van der Waals surface area contributed by atoms with Crippen LogP contribution in [0, 0.1) is 0 Å². The van der Waals surface area contributed by atoms with Gasteiger partial charge in [-0.15, -0.1) is 0 Å². The summed E-state index contributed by atoms with van der Waals surface area (Å²) in [5.41, 5.74) is -1.18. The number of nitrogens with zero attached hydrogens (tertiary/aromatic N) is 1. The lowest BCUT2D eigenvalue weighted by molar-refractivity contribution is 0.0592. The van der Waals surface area contributed by atoms with Gasteiger partial charge in [0.2, 0.25) is 0 Å². The maximum absolute atomic E-state index is 12.5. The van der Waals surface area contributed by atoms with E-state index in [0.29, 0.717) is 0 Å². The molecule has 0 unspecified atom stereocenters. The molecule has 0 aliphatic heterocycles. The maximum Gasteiger partial charge on any atom is 0.345 e. The van der Waals surface area contributed by atoms with Crippen molar-refractivity contribution in [2.45, 2.75) is 6.43 Å². The predicted molar refractivity (Wildman–Crippen MR) is 48.8 cm³/mol. The van der Waals surface area contributed by atoms with Crippen molar-refractivity contribution in [3.8, 4) is 11.5 Å². The zero-order valence-corrected chi connectivity index (χ0v) is 8.53. The number of carbonyl (C=O) groups excluding carboxylic acids is 1. The van der Waals surface area contributed by atoms with Gasteiger partial charge >= 0.3 is 5.97 Å². The Bertz CT molecular complexity index is 409. The minimum atomic E-state index is -2.92. The molecule has 0 spiro atoms. The lowest BCUT2D eigenvalue weighted by atomic mass is 10.2. The van der Waals surface area contributed by atoms with Gasteiger partial charge in [0.15, 0.2) is 11.5 Å². The molecule has 0 aliphatic carbocycles. The minimum Gasteiger partial charge on any atom is -0.505 e. The van der Waals surface area contributed by atoms with Crippen molar-refractivity contribution in [2.24, 2.45) is 0 Å². The summed E-state index contributed by atoms with van der Waals surface area (Å²) in [5.74, 6) is -2.03. The second-order valence-electron chi connectivity index (χ2n) is 2.73. The molecule has 0 saturated carbocycles. The van der Waals surface area contributed by atoms with Crippen LogP contribution in [0.1, 0.15) is 22.5 Å². The van der Waals surface area contributed by atoms with E-state index in [0.717, 1.165) is 20.4 Å². The Labute approximate surface area is 89.6 Å². The van der Waals surface area contributed by atoms with Crippen molar-refractivity contribution in [2.75, 3.05) is 14.2 Å². The molecular formula is C9H9F2NO4. The second-order valence-corrected chi connectivity index (χ2v) is 2.73. The molecule has 7 heteroatoms. The highest BCUT2D eigenvalue weighted by Gasteiger charge is 2.26. The van der Waals surface area contributed by atoms with Gasteiger partial charge in [-0.2, -0.15) is 0 Å². The number of methoxy groups -OCH3 is 2. The molecule has 1 aromatic rings. The molecule has 16 heavy (non-hydrogen) atoms. The smallest absolute Gasteiger partial charge is 0.345 e. The van der Waals surface area contributed by atoms with Gasteiger partial charge in [0.05, 0.1) is 20.4 Å². The summed E-state index contributed by atoms with van der Waals surface area (Å²) in [6, 6.07) is 0. The molecule has 0 bridgehead atoms. The van der Waals surface area contributed by atoms with Gasteiger partial charge in [-0.1, -0.05) is 0 Å². The van der Waals surface area contributed by atoms with E-state index in [1.165, 1.54) is 0 Å². The number of aromatic nitrogens is 1. The molecule has 1 heterocycles. The summed E-state index contributed by atoms with van der Waals surface area (Å²) < 4.78 is 34.0. The number of pyridine rings is 1. The lowest BCUT2D eigenvalue weighted by Gasteiger charge is -2.11. The molecule has 1 N–H and O–H groups in total. The third-order valence-electron chi connectivity index (χ3n) is 1.84. The number of aromatic hydroxyl groups is 1. The highest BCUT2D eigenvalue weighted by molar-refractivity contribution is 5.95. The monoisotopic (exact) mass is 233 g/mol. The summed E-state index contributed by atoms with van der Waals surface area (Å²) in [6.07, 6.45) is -2.17. The highest BCUT2D eigenvalue weighted by Crippen LogP contribution is 2.35. The Morgan fingerprint density at radius 3 is 2.56 bits per heavy atom. The van der Waals surface area contributed by atoms with Crippen LogP contribution >= 0.6 is 0 Å². The molecule has 1 rings (SSSR count). The van der Waals surface area contributed by atoms with E-state index < -0.39 is 35.2 Å². The number of halogens is 2. The van der Waals surface area contributed by atoms with Crippen LogP contribution in [-0.4, -0.2) is 30.3 Å². The third kappa shape index (κ3) is 2.02. The fourth-order valence-electron chi connectivity index (χ4n) is 1.16. The van der Waals surface area contributed by atoms with Crippen LogP contribution in [-0.2, 0) is 4.74 Å². The largest absolute Gasteiger partial charge is 0.505 e. The normalized spacial score (nSPS) is 10.3. The molecule has 0 aromatic carbocycles. The third-order valence-corrected chi connectivity index (χ3v) is 1.84. The molecule has 0 fully saturated rings. The van der Waals surface area contributed by atoms with Crippen molar-refractivity contribution in [3.63, 3.8) is 0 Å². The Morgan fingerprint density at radius 1 is 1.50 bits per heavy atom. The second kappa shape index (κ2) is 4.73. The van der Waals surface area contributed by atoms with E-state index in [2.05, 4.69) is 14.5 Å². The zero-order chi connectivity index (χ0) is 12.3. The lowest BCUT2D eigenvalue weighted by Crippen LogP contribution is -2.08. The van der Waals surface area contributed by atoms with Crippen molar-refractivity contribution in [1.29, 1.82) is 0 Å². The summed E-state index contributed by atoms with van der Waals surface area (Å²) >= 11 is 0. The van der Waals surface area contributed by atoms with Crippen molar-refractivity contribution in [1.82, 2.24) is 4.98 Å². The maximum atomic E-state index is 12.5. The molecule has 0 amide bonds. The van der Waals surface area contributed by atoms with Gasteiger partial charge in [0.25, 0.3) is 6.43 Å². The Balaban J connectivity index is 3.44. The summed E-state index contributed by atoms with van der Waals surface area (Å²) in [7, 11) is 2.15. The molecule has 0 radical (unpaired) electrons. The van der Waals surface area contributed by atoms with E-state index in [1.54, 1.807) is 0 Å². The van der Waals surface area contributed by atoms with Crippen LogP contribution in [0.5, 0.6) is 11.5 Å².